The van der Waals surface area contributed by atoms with Crippen molar-refractivity contribution in [1.82, 2.24) is 18.9 Å². The van der Waals surface area contributed by atoms with E-state index in [-0.39, 0.29) is 0 Å². The van der Waals surface area contributed by atoms with Crippen molar-refractivity contribution in [2.45, 2.75) is 0 Å². The lowest BCUT2D eigenvalue weighted by molar-refractivity contribution is 0.477. The predicted molar refractivity (Wildman–Crippen MR) is 210 cm³/mol. The highest BCUT2D eigenvalue weighted by Gasteiger charge is 2.27. The van der Waals surface area contributed by atoms with E-state index in [0.717, 1.165) is 83.3 Å². The van der Waals surface area contributed by atoms with Crippen molar-refractivity contribution in [3.05, 3.63) is 140 Å². The second-order valence-electron chi connectivity index (χ2n) is 13.6. The van der Waals surface area contributed by atoms with Crippen LogP contribution in [0.2, 0.25) is 0 Å². The molecule has 0 fully saturated rings. The molecule has 0 bridgehead atoms. The molecular weight excluding hydrogens is 661 g/mol. The predicted octanol–water partition coefficient (Wildman–Crippen LogP) is 11.0. The lowest BCUT2D eigenvalue weighted by Gasteiger charge is -2.20. The van der Waals surface area contributed by atoms with Crippen LogP contribution in [0.5, 0.6) is 11.5 Å². The van der Waals surface area contributed by atoms with Gasteiger partial charge in [-0.3, -0.25) is 8.97 Å². The van der Waals surface area contributed by atoms with E-state index in [9.17, 15) is 0 Å². The fourth-order valence-corrected chi connectivity index (χ4v) is 8.25. The molecule has 0 saturated carbocycles. The van der Waals surface area contributed by atoms with Crippen molar-refractivity contribution in [1.29, 1.82) is 0 Å². The molecule has 12 rings (SSSR count). The van der Waals surface area contributed by atoms with Crippen molar-refractivity contribution in [3.63, 3.8) is 0 Å². The standard InChI is InChI=1S/C44H28N6O3/c1-47-25-48(33-14-6-5-13-32(33)47)26-22-29-42-38(20-19-37-41(42)28-10-2-7-15-36(28)52-37)53-43(29)39(23-26)51-27-17-18-34-35(24-27)50(40-16-8-9-21-45-40)44-46-30-11-3-4-12-31(30)49(34)44/h2-24H,25H2,1H3. The van der Waals surface area contributed by atoms with Crippen LogP contribution in [0, 0.1) is 0 Å². The summed E-state index contributed by atoms with van der Waals surface area (Å²) in [7, 11) is 2.12. The summed E-state index contributed by atoms with van der Waals surface area (Å²) in [6, 6.07) is 45.2. The van der Waals surface area contributed by atoms with Gasteiger partial charge in [0.05, 0.1) is 40.1 Å². The number of imidazole rings is 2. The molecule has 6 heterocycles. The second kappa shape index (κ2) is 10.4. The van der Waals surface area contributed by atoms with Crippen molar-refractivity contribution in [3.8, 4) is 17.3 Å². The minimum atomic E-state index is 0.618. The first-order valence-electron chi connectivity index (χ1n) is 17.6. The first kappa shape index (κ1) is 28.4. The molecule has 0 amide bonds. The number of furan rings is 2. The molecule has 252 valence electrons. The van der Waals surface area contributed by atoms with Gasteiger partial charge in [0, 0.05) is 52.6 Å². The fourth-order valence-electron chi connectivity index (χ4n) is 8.25. The van der Waals surface area contributed by atoms with Gasteiger partial charge in [0.15, 0.2) is 11.3 Å². The van der Waals surface area contributed by atoms with Crippen molar-refractivity contribution < 1.29 is 13.6 Å². The van der Waals surface area contributed by atoms with Gasteiger partial charge in [-0.2, -0.15) is 0 Å². The van der Waals surface area contributed by atoms with Gasteiger partial charge in [-0.1, -0.05) is 48.5 Å². The topological polar surface area (TPSA) is 77.1 Å². The van der Waals surface area contributed by atoms with Gasteiger partial charge in [-0.25, -0.2) is 9.97 Å². The highest BCUT2D eigenvalue weighted by molar-refractivity contribution is 6.26. The summed E-state index contributed by atoms with van der Waals surface area (Å²) in [5, 5.41) is 4.04. The van der Waals surface area contributed by atoms with E-state index in [2.05, 4.69) is 86.5 Å². The molecule has 11 aromatic rings. The Morgan fingerprint density at radius 1 is 0.642 bits per heavy atom. The Morgan fingerprint density at radius 3 is 2.34 bits per heavy atom. The SMILES string of the molecule is CN1CN(c2cc(Oc3ccc4c(c3)n(-c3ccccn3)c3nc5ccccc5n43)c3oc4ccc5oc6ccccc6c5c4c3c2)c2ccccc21. The molecule has 6 aromatic carbocycles. The minimum absolute atomic E-state index is 0.618. The number of anilines is 3. The molecule has 0 N–H and O–H groups in total. The zero-order valence-corrected chi connectivity index (χ0v) is 28.4. The number of nitrogens with zero attached hydrogens (tertiary/aromatic N) is 6. The molecule has 5 aromatic heterocycles. The van der Waals surface area contributed by atoms with Gasteiger partial charge in [0.25, 0.3) is 0 Å². The number of ether oxygens (including phenoxy) is 1. The maximum atomic E-state index is 6.96. The number of rotatable bonds is 4. The Kier molecular flexibility index (Phi) is 5.58. The van der Waals surface area contributed by atoms with Crippen LogP contribution in [-0.2, 0) is 0 Å². The van der Waals surface area contributed by atoms with Gasteiger partial charge < -0.3 is 23.4 Å². The van der Waals surface area contributed by atoms with Crippen molar-refractivity contribution in [2.24, 2.45) is 0 Å². The third-order valence-electron chi connectivity index (χ3n) is 10.6. The van der Waals surface area contributed by atoms with E-state index < -0.39 is 0 Å². The van der Waals surface area contributed by atoms with Gasteiger partial charge in [0.1, 0.15) is 28.3 Å². The largest absolute Gasteiger partial charge is 0.456 e. The molecule has 0 saturated heterocycles. The fraction of sp³-hybridized carbons (Fsp3) is 0.0455. The van der Waals surface area contributed by atoms with Crippen LogP contribution in [0.25, 0.3) is 77.5 Å². The van der Waals surface area contributed by atoms with Crippen molar-refractivity contribution in [2.75, 3.05) is 23.5 Å². The average Bonchev–Trinajstić information content (AvgIpc) is 4.00. The summed E-state index contributed by atoms with van der Waals surface area (Å²) in [6.45, 7) is 0.696. The molecule has 9 nitrogen and oxygen atoms in total. The number of pyridine rings is 1. The quantitative estimate of drug-likeness (QED) is 0.182. The molecule has 0 radical (unpaired) electrons. The number of hydrogen-bond donors (Lipinski definition) is 0. The van der Waals surface area contributed by atoms with Crippen LogP contribution in [0.1, 0.15) is 0 Å². The van der Waals surface area contributed by atoms with Gasteiger partial charge in [0.2, 0.25) is 5.78 Å². The second-order valence-corrected chi connectivity index (χ2v) is 13.6. The Bertz CT molecular complexity index is 3280. The number of benzene rings is 6. The molecule has 9 heteroatoms. The van der Waals surface area contributed by atoms with E-state index in [1.807, 2.05) is 72.8 Å². The third kappa shape index (κ3) is 3.96. The summed E-state index contributed by atoms with van der Waals surface area (Å²) < 4.78 is 24.3. The molecule has 0 atom stereocenters. The van der Waals surface area contributed by atoms with Crippen LogP contribution in [-0.4, -0.2) is 32.7 Å². The summed E-state index contributed by atoms with van der Waals surface area (Å²) >= 11 is 0. The average molecular weight is 689 g/mol. The Hall–Kier alpha value is -7.26. The van der Waals surface area contributed by atoms with E-state index in [1.54, 1.807) is 6.20 Å². The molecular formula is C44H28N6O3. The van der Waals surface area contributed by atoms with Crippen LogP contribution in [0.4, 0.5) is 17.1 Å². The van der Waals surface area contributed by atoms with E-state index >= 15 is 0 Å². The zero-order chi connectivity index (χ0) is 34.8. The molecule has 1 aliphatic rings. The van der Waals surface area contributed by atoms with Gasteiger partial charge in [-0.15, -0.1) is 0 Å². The Labute approximate surface area is 301 Å². The molecule has 0 unspecified atom stereocenters. The van der Waals surface area contributed by atoms with E-state index in [4.69, 9.17) is 23.5 Å². The first-order chi connectivity index (χ1) is 26.2. The first-order valence-corrected chi connectivity index (χ1v) is 17.6. The third-order valence-corrected chi connectivity index (χ3v) is 10.6. The Balaban J connectivity index is 1.11. The zero-order valence-electron chi connectivity index (χ0n) is 28.4. The minimum Gasteiger partial charge on any atom is -0.456 e. The molecule has 53 heavy (non-hydrogen) atoms. The van der Waals surface area contributed by atoms with Crippen LogP contribution < -0.4 is 14.5 Å². The monoisotopic (exact) mass is 688 g/mol. The smallest absolute Gasteiger partial charge is 0.221 e. The summed E-state index contributed by atoms with van der Waals surface area (Å²) in [6.07, 6.45) is 1.80. The van der Waals surface area contributed by atoms with Crippen LogP contribution >= 0.6 is 0 Å². The summed E-state index contributed by atoms with van der Waals surface area (Å²) in [4.78, 5) is 14.4. The van der Waals surface area contributed by atoms with Gasteiger partial charge >= 0.3 is 0 Å². The maximum absolute atomic E-state index is 6.96. The van der Waals surface area contributed by atoms with E-state index in [1.165, 1.54) is 5.69 Å². The van der Waals surface area contributed by atoms with Crippen LogP contribution in [0.3, 0.4) is 0 Å². The van der Waals surface area contributed by atoms with Gasteiger partial charge in [-0.05, 0) is 72.8 Å². The summed E-state index contributed by atoms with van der Waals surface area (Å²) in [5.41, 5.74) is 10.3. The number of fused-ring (bicyclic) bond motifs is 13. The number of hydrogen-bond acceptors (Lipinski definition) is 7. The number of aromatic nitrogens is 4. The lowest BCUT2D eigenvalue weighted by Crippen LogP contribution is -2.23. The normalized spacial score (nSPS) is 13.2. The summed E-state index contributed by atoms with van der Waals surface area (Å²) in [5.74, 6) is 2.84. The molecule has 1 aliphatic heterocycles. The van der Waals surface area contributed by atoms with Crippen molar-refractivity contribution >= 4 is 88.8 Å². The van der Waals surface area contributed by atoms with Crippen LogP contribution in [0.15, 0.2) is 148 Å². The Morgan fingerprint density at radius 2 is 1.43 bits per heavy atom. The number of para-hydroxylation sites is 5. The van der Waals surface area contributed by atoms with E-state index in [0.29, 0.717) is 23.8 Å². The molecule has 0 aliphatic carbocycles. The molecule has 0 spiro atoms. The highest BCUT2D eigenvalue weighted by atomic mass is 16.5. The maximum Gasteiger partial charge on any atom is 0.221 e. The highest BCUT2D eigenvalue weighted by Crippen LogP contribution is 2.48. The lowest BCUT2D eigenvalue weighted by atomic mass is 10.0.